The number of anilines is 1. The second kappa shape index (κ2) is 15.5. The van der Waals surface area contributed by atoms with Gasteiger partial charge in [-0.1, -0.05) is 12.5 Å². The van der Waals surface area contributed by atoms with Crippen molar-refractivity contribution in [2.45, 2.75) is 32.1 Å². The number of piperidine rings is 1. The number of rotatable bonds is 13. The van der Waals surface area contributed by atoms with Gasteiger partial charge in [-0.2, -0.15) is 0 Å². The zero-order chi connectivity index (χ0) is 25.6. The van der Waals surface area contributed by atoms with Crippen LogP contribution in [0.4, 0.5) is 5.69 Å². The third-order valence-electron chi connectivity index (χ3n) is 6.44. The van der Waals surface area contributed by atoms with E-state index in [-0.39, 0.29) is 11.9 Å². The lowest BCUT2D eigenvalue weighted by molar-refractivity contribution is -0.137. The number of amides is 1. The van der Waals surface area contributed by atoms with Gasteiger partial charge in [-0.3, -0.25) is 9.78 Å². The molecule has 8 heteroatoms. The van der Waals surface area contributed by atoms with Crippen molar-refractivity contribution < 1.29 is 14.3 Å². The molecule has 1 fully saturated rings. The minimum absolute atomic E-state index is 0.0903. The van der Waals surface area contributed by atoms with Crippen LogP contribution in [0.5, 0.6) is 0 Å². The molecule has 2 aromatic rings. The summed E-state index contributed by atoms with van der Waals surface area (Å²) < 4.78 is 5.29. The van der Waals surface area contributed by atoms with E-state index < -0.39 is 0 Å². The monoisotopic (exact) mass is 531 g/mol. The number of ether oxygens (including phenoxy) is 1. The number of carbonyl (C=O) groups excluding carboxylic acids is 2. The Balaban J connectivity index is 1.32. The first-order valence-corrected chi connectivity index (χ1v) is 13.7. The highest BCUT2D eigenvalue weighted by atomic mass is 35.5. The molecular formula is C28H35Cl2N3O3. The molecule has 0 spiro atoms. The summed E-state index contributed by atoms with van der Waals surface area (Å²) in [6.45, 7) is 3.44. The third-order valence-corrected chi connectivity index (χ3v) is 6.78. The fraction of sp³-hybridized carbons (Fsp3) is 0.464. The number of pyridine rings is 1. The summed E-state index contributed by atoms with van der Waals surface area (Å²) in [4.78, 5) is 32.9. The molecule has 6 nitrogen and oxygen atoms in total. The Morgan fingerprint density at radius 2 is 1.78 bits per heavy atom. The maximum atomic E-state index is 13.0. The van der Waals surface area contributed by atoms with Gasteiger partial charge in [-0.15, -0.1) is 23.2 Å². The maximum Gasteiger partial charge on any atom is 0.330 e. The van der Waals surface area contributed by atoms with Crippen LogP contribution in [-0.4, -0.2) is 66.3 Å². The molecule has 1 aromatic carbocycles. The predicted octanol–water partition coefficient (Wildman–Crippen LogP) is 5.64. The molecule has 0 N–H and O–H groups in total. The molecule has 0 atom stereocenters. The summed E-state index contributed by atoms with van der Waals surface area (Å²) in [7, 11) is 0. The van der Waals surface area contributed by atoms with Gasteiger partial charge in [0.25, 0.3) is 5.91 Å². The molecule has 2 heterocycles. The quantitative estimate of drug-likeness (QED) is 0.145. The molecule has 1 aliphatic heterocycles. The lowest BCUT2D eigenvalue weighted by atomic mass is 9.91. The second-order valence-corrected chi connectivity index (χ2v) is 9.69. The number of benzene rings is 1. The van der Waals surface area contributed by atoms with E-state index in [1.54, 1.807) is 18.5 Å². The first-order valence-electron chi connectivity index (χ1n) is 12.6. The Morgan fingerprint density at radius 1 is 1.06 bits per heavy atom. The number of hydrogen-bond acceptors (Lipinski definition) is 5. The average molecular weight is 533 g/mol. The molecule has 36 heavy (non-hydrogen) atoms. The SMILES string of the molecule is O=C(C=Cc1cccnc1)OCCCCC1CCN(C(=O)c2ccc(N(CCCl)CCCl)cc2)CC1. The van der Waals surface area contributed by atoms with E-state index in [4.69, 9.17) is 27.9 Å². The van der Waals surface area contributed by atoms with Gasteiger partial charge < -0.3 is 14.5 Å². The number of carbonyl (C=O) groups is 2. The van der Waals surface area contributed by atoms with Gasteiger partial charge in [0.2, 0.25) is 0 Å². The number of hydrogen-bond donors (Lipinski definition) is 0. The average Bonchev–Trinajstić information content (AvgIpc) is 2.92. The van der Waals surface area contributed by atoms with Crippen molar-refractivity contribution in [1.29, 1.82) is 0 Å². The van der Waals surface area contributed by atoms with Gasteiger partial charge >= 0.3 is 5.97 Å². The topological polar surface area (TPSA) is 62.7 Å². The normalized spacial score (nSPS) is 14.2. The minimum Gasteiger partial charge on any atom is -0.463 e. The fourth-order valence-corrected chi connectivity index (χ4v) is 4.80. The molecule has 1 aliphatic rings. The third kappa shape index (κ3) is 9.14. The van der Waals surface area contributed by atoms with Gasteiger partial charge in [0, 0.05) is 67.7 Å². The van der Waals surface area contributed by atoms with Crippen LogP contribution in [0, 0.1) is 5.92 Å². The molecule has 0 saturated carbocycles. The second-order valence-electron chi connectivity index (χ2n) is 8.93. The number of unbranched alkanes of at least 4 members (excludes halogenated alkanes) is 1. The van der Waals surface area contributed by atoms with Gasteiger partial charge in [0.05, 0.1) is 6.61 Å². The number of esters is 1. The number of likely N-dealkylation sites (tertiary alicyclic amines) is 1. The lowest BCUT2D eigenvalue weighted by Gasteiger charge is -2.32. The van der Waals surface area contributed by atoms with E-state index in [1.807, 2.05) is 41.3 Å². The van der Waals surface area contributed by atoms with Crippen molar-refractivity contribution in [2.24, 2.45) is 5.92 Å². The van der Waals surface area contributed by atoms with Gasteiger partial charge in [0.1, 0.15) is 0 Å². The fourth-order valence-electron chi connectivity index (χ4n) is 4.39. The Bertz CT molecular complexity index is 956. The summed E-state index contributed by atoms with van der Waals surface area (Å²) in [6.07, 6.45) is 11.5. The van der Waals surface area contributed by atoms with Crippen LogP contribution in [0.15, 0.2) is 54.9 Å². The van der Waals surface area contributed by atoms with Crippen molar-refractivity contribution in [3.63, 3.8) is 0 Å². The van der Waals surface area contributed by atoms with Crippen molar-refractivity contribution in [1.82, 2.24) is 9.88 Å². The Labute approximate surface area is 224 Å². The Hall–Kier alpha value is -2.57. The van der Waals surface area contributed by atoms with E-state index >= 15 is 0 Å². The van der Waals surface area contributed by atoms with E-state index in [2.05, 4.69) is 9.88 Å². The maximum absolute atomic E-state index is 13.0. The molecule has 1 aromatic heterocycles. The Kier molecular flexibility index (Phi) is 12.1. The molecule has 0 radical (unpaired) electrons. The van der Waals surface area contributed by atoms with Crippen molar-refractivity contribution in [3.8, 4) is 0 Å². The predicted molar refractivity (Wildman–Crippen MR) is 147 cm³/mol. The van der Waals surface area contributed by atoms with Gasteiger partial charge in [-0.25, -0.2) is 4.79 Å². The van der Waals surface area contributed by atoms with Crippen LogP contribution in [0.2, 0.25) is 0 Å². The first kappa shape index (κ1) is 28.0. The summed E-state index contributed by atoms with van der Waals surface area (Å²) in [5.74, 6) is 1.43. The van der Waals surface area contributed by atoms with Crippen LogP contribution in [-0.2, 0) is 9.53 Å². The van der Waals surface area contributed by atoms with E-state index in [0.29, 0.717) is 29.8 Å². The summed E-state index contributed by atoms with van der Waals surface area (Å²) in [5, 5.41) is 0. The molecule has 0 bridgehead atoms. The van der Waals surface area contributed by atoms with Crippen molar-refractivity contribution in [3.05, 3.63) is 66.0 Å². The Morgan fingerprint density at radius 3 is 2.42 bits per heavy atom. The number of nitrogens with zero attached hydrogens (tertiary/aromatic N) is 3. The zero-order valence-corrected chi connectivity index (χ0v) is 22.2. The van der Waals surface area contributed by atoms with Crippen LogP contribution in [0.25, 0.3) is 6.08 Å². The number of halogens is 2. The highest BCUT2D eigenvalue weighted by Crippen LogP contribution is 2.24. The molecule has 1 amide bonds. The van der Waals surface area contributed by atoms with E-state index in [9.17, 15) is 9.59 Å². The van der Waals surface area contributed by atoms with Gasteiger partial charge in [0.15, 0.2) is 0 Å². The zero-order valence-electron chi connectivity index (χ0n) is 20.7. The highest BCUT2D eigenvalue weighted by molar-refractivity contribution is 6.18. The number of aromatic nitrogens is 1. The molecule has 194 valence electrons. The minimum atomic E-state index is -0.329. The number of alkyl halides is 2. The van der Waals surface area contributed by atoms with E-state index in [0.717, 1.165) is 69.5 Å². The summed E-state index contributed by atoms with van der Waals surface area (Å²) in [6, 6.07) is 11.4. The van der Waals surface area contributed by atoms with Crippen LogP contribution >= 0.6 is 23.2 Å². The van der Waals surface area contributed by atoms with Crippen molar-refractivity contribution in [2.75, 3.05) is 49.4 Å². The van der Waals surface area contributed by atoms with Gasteiger partial charge in [-0.05, 0) is 73.6 Å². The molecular weight excluding hydrogens is 497 g/mol. The molecule has 1 saturated heterocycles. The summed E-state index contributed by atoms with van der Waals surface area (Å²) in [5.41, 5.74) is 2.61. The largest absolute Gasteiger partial charge is 0.463 e. The van der Waals surface area contributed by atoms with E-state index in [1.165, 1.54) is 6.08 Å². The van der Waals surface area contributed by atoms with Crippen LogP contribution in [0.3, 0.4) is 0 Å². The van der Waals surface area contributed by atoms with Crippen LogP contribution < -0.4 is 4.90 Å². The molecule has 0 aliphatic carbocycles. The van der Waals surface area contributed by atoms with Crippen molar-refractivity contribution >= 4 is 46.8 Å². The lowest BCUT2D eigenvalue weighted by Crippen LogP contribution is -2.38. The van der Waals surface area contributed by atoms with Crippen LogP contribution in [0.1, 0.15) is 48.0 Å². The standard InChI is InChI=1S/C28H35Cl2N3O3/c29-14-19-32(20-15-30)26-9-7-25(8-10-26)28(35)33-17-12-23(13-18-33)4-1-2-21-36-27(34)11-6-24-5-3-16-31-22-24/h3,5-11,16,22-23H,1-2,4,12-15,17-21H2. The smallest absolute Gasteiger partial charge is 0.330 e. The molecule has 0 unspecified atom stereocenters. The first-order chi connectivity index (χ1) is 17.6. The summed E-state index contributed by atoms with van der Waals surface area (Å²) >= 11 is 11.8. The highest BCUT2D eigenvalue weighted by Gasteiger charge is 2.23. The molecule has 3 rings (SSSR count).